The second-order valence-corrected chi connectivity index (χ2v) is 6.13. The predicted molar refractivity (Wildman–Crippen MR) is 95.6 cm³/mol. The molecular weight excluding hydrogens is 324 g/mol. The first-order valence-corrected chi connectivity index (χ1v) is 8.74. The zero-order valence-electron chi connectivity index (χ0n) is 14.7. The number of unbranched alkanes of at least 4 members (excludes halogenated alkanes) is 7. The van der Waals surface area contributed by atoms with Gasteiger partial charge in [0.2, 0.25) is 0 Å². The van der Waals surface area contributed by atoms with Gasteiger partial charge < -0.3 is 26.0 Å². The number of primary amides is 1. The van der Waals surface area contributed by atoms with E-state index in [-0.39, 0.29) is 12.2 Å². The molecule has 140 valence electrons. The number of hydrogen-bond acceptors (Lipinski definition) is 5. The van der Waals surface area contributed by atoms with Crippen LogP contribution >= 0.6 is 0 Å². The molecule has 0 saturated heterocycles. The molecule has 0 aromatic heterocycles. The predicted octanol–water partition coefficient (Wildman–Crippen LogP) is 2.76. The number of nitrogens with zero attached hydrogens (tertiary/aromatic N) is 1. The van der Waals surface area contributed by atoms with E-state index in [9.17, 15) is 24.9 Å². The van der Waals surface area contributed by atoms with Crippen molar-refractivity contribution in [2.24, 2.45) is 5.73 Å². The lowest BCUT2D eigenvalue weighted by Gasteiger charge is -2.22. The Morgan fingerprint density at radius 1 is 0.920 bits per heavy atom. The van der Waals surface area contributed by atoms with E-state index in [4.69, 9.17) is 5.73 Å². The van der Waals surface area contributed by atoms with Crippen LogP contribution in [0.15, 0.2) is 12.1 Å². The summed E-state index contributed by atoms with van der Waals surface area (Å²) in [7, 11) is 0. The molecule has 1 aromatic carbocycles. The Morgan fingerprint density at radius 2 is 1.40 bits per heavy atom. The highest BCUT2D eigenvalue weighted by molar-refractivity contribution is 6.39. The van der Waals surface area contributed by atoms with Crippen molar-refractivity contribution in [2.45, 2.75) is 58.3 Å². The van der Waals surface area contributed by atoms with E-state index in [0.717, 1.165) is 36.3 Å². The average Bonchev–Trinajstić information content (AvgIpc) is 2.57. The van der Waals surface area contributed by atoms with Gasteiger partial charge in [-0.2, -0.15) is 0 Å². The number of anilines is 1. The topological polar surface area (TPSA) is 124 Å². The van der Waals surface area contributed by atoms with Crippen molar-refractivity contribution in [3.8, 4) is 17.2 Å². The molecular formula is C18H28N2O5. The molecule has 5 N–H and O–H groups in total. The normalized spacial score (nSPS) is 10.6. The maximum atomic E-state index is 12.0. The first kappa shape index (κ1) is 20.6. The van der Waals surface area contributed by atoms with Gasteiger partial charge in [0.15, 0.2) is 17.2 Å². The minimum absolute atomic E-state index is 0.111. The van der Waals surface area contributed by atoms with E-state index in [0.29, 0.717) is 6.42 Å². The smallest absolute Gasteiger partial charge is 0.316 e. The monoisotopic (exact) mass is 352 g/mol. The lowest BCUT2D eigenvalue weighted by molar-refractivity contribution is -0.135. The van der Waals surface area contributed by atoms with Crippen molar-refractivity contribution in [1.29, 1.82) is 0 Å². The first-order valence-electron chi connectivity index (χ1n) is 8.74. The van der Waals surface area contributed by atoms with Crippen molar-refractivity contribution in [3.05, 3.63) is 12.1 Å². The maximum absolute atomic E-state index is 12.0. The van der Waals surface area contributed by atoms with Crippen molar-refractivity contribution < 1.29 is 24.9 Å². The Morgan fingerprint density at radius 3 is 1.88 bits per heavy atom. The largest absolute Gasteiger partial charge is 0.504 e. The highest BCUT2D eigenvalue weighted by Crippen LogP contribution is 2.38. The summed E-state index contributed by atoms with van der Waals surface area (Å²) in [5.41, 5.74) is 5.18. The number of amides is 2. The Hall–Kier alpha value is -2.44. The molecule has 0 aliphatic heterocycles. The number of carbonyl (C=O) groups excluding carboxylic acids is 2. The molecule has 25 heavy (non-hydrogen) atoms. The van der Waals surface area contributed by atoms with Crippen LogP contribution in [0.4, 0.5) is 5.69 Å². The van der Waals surface area contributed by atoms with Crippen LogP contribution in [0.2, 0.25) is 0 Å². The summed E-state index contributed by atoms with van der Waals surface area (Å²) < 4.78 is 0. The number of phenolic OH excluding ortho intramolecular Hbond substituents is 3. The second kappa shape index (κ2) is 10.4. The molecule has 7 heteroatoms. The van der Waals surface area contributed by atoms with Gasteiger partial charge in [-0.25, -0.2) is 0 Å². The highest BCUT2D eigenvalue weighted by Gasteiger charge is 2.22. The lowest BCUT2D eigenvalue weighted by Crippen LogP contribution is -2.41. The minimum Gasteiger partial charge on any atom is -0.504 e. The van der Waals surface area contributed by atoms with E-state index in [1.165, 1.54) is 25.7 Å². The summed E-state index contributed by atoms with van der Waals surface area (Å²) in [5.74, 6) is -3.87. The van der Waals surface area contributed by atoms with E-state index >= 15 is 0 Å². The van der Waals surface area contributed by atoms with Crippen LogP contribution in [-0.4, -0.2) is 33.7 Å². The molecule has 0 spiro atoms. The lowest BCUT2D eigenvalue weighted by atomic mass is 10.1. The van der Waals surface area contributed by atoms with Gasteiger partial charge in [0, 0.05) is 18.7 Å². The van der Waals surface area contributed by atoms with E-state index in [2.05, 4.69) is 6.92 Å². The SMILES string of the molecule is CCCCCCCCCCN(C(=O)C(N)=O)c1cc(O)c(O)c(O)c1. The summed E-state index contributed by atoms with van der Waals surface area (Å²) in [6, 6.07) is 2.22. The fraction of sp³-hybridized carbons (Fsp3) is 0.556. The van der Waals surface area contributed by atoms with Gasteiger partial charge in [-0.3, -0.25) is 9.59 Å². The zero-order valence-corrected chi connectivity index (χ0v) is 14.7. The molecule has 7 nitrogen and oxygen atoms in total. The Balaban J connectivity index is 2.64. The van der Waals surface area contributed by atoms with Gasteiger partial charge in [0.25, 0.3) is 0 Å². The zero-order chi connectivity index (χ0) is 18.8. The van der Waals surface area contributed by atoms with E-state index in [1.54, 1.807) is 0 Å². The Kier molecular flexibility index (Phi) is 8.60. The molecule has 0 aliphatic rings. The van der Waals surface area contributed by atoms with Crippen LogP contribution in [0.25, 0.3) is 0 Å². The van der Waals surface area contributed by atoms with Gasteiger partial charge in [-0.05, 0) is 6.42 Å². The number of phenols is 3. The number of carbonyl (C=O) groups is 2. The van der Waals surface area contributed by atoms with Gasteiger partial charge in [-0.15, -0.1) is 0 Å². The molecule has 1 rings (SSSR count). The average molecular weight is 352 g/mol. The van der Waals surface area contributed by atoms with Crippen LogP contribution in [0, 0.1) is 0 Å². The van der Waals surface area contributed by atoms with Gasteiger partial charge >= 0.3 is 11.8 Å². The highest BCUT2D eigenvalue weighted by atomic mass is 16.3. The quantitative estimate of drug-likeness (QED) is 0.293. The van der Waals surface area contributed by atoms with Crippen LogP contribution in [0.5, 0.6) is 17.2 Å². The Labute approximate surface area is 148 Å². The van der Waals surface area contributed by atoms with E-state index < -0.39 is 29.1 Å². The molecule has 0 unspecified atom stereocenters. The van der Waals surface area contributed by atoms with E-state index in [1.807, 2.05) is 0 Å². The third-order valence-corrected chi connectivity index (χ3v) is 4.06. The second-order valence-electron chi connectivity index (χ2n) is 6.13. The first-order chi connectivity index (χ1) is 11.9. The van der Waals surface area contributed by atoms with Crippen LogP contribution < -0.4 is 10.6 Å². The third-order valence-electron chi connectivity index (χ3n) is 4.06. The fourth-order valence-corrected chi connectivity index (χ4v) is 2.63. The maximum Gasteiger partial charge on any atom is 0.316 e. The number of benzene rings is 1. The van der Waals surface area contributed by atoms with Crippen LogP contribution in [0.3, 0.4) is 0 Å². The number of rotatable bonds is 10. The molecule has 2 amide bonds. The summed E-state index contributed by atoms with van der Waals surface area (Å²) in [6.45, 7) is 2.41. The summed E-state index contributed by atoms with van der Waals surface area (Å²) in [5, 5.41) is 28.6. The van der Waals surface area contributed by atoms with Gasteiger partial charge in [0.05, 0.1) is 5.69 Å². The number of nitrogens with two attached hydrogens (primary N) is 1. The Bertz CT molecular complexity index is 566. The van der Waals surface area contributed by atoms with Crippen molar-refractivity contribution >= 4 is 17.5 Å². The fourth-order valence-electron chi connectivity index (χ4n) is 2.63. The number of hydrogen-bond donors (Lipinski definition) is 4. The van der Waals surface area contributed by atoms with Crippen molar-refractivity contribution in [2.75, 3.05) is 11.4 Å². The van der Waals surface area contributed by atoms with Crippen LogP contribution in [-0.2, 0) is 9.59 Å². The van der Waals surface area contributed by atoms with Crippen molar-refractivity contribution in [1.82, 2.24) is 0 Å². The standard InChI is InChI=1S/C18H28N2O5/c1-2-3-4-5-6-7-8-9-10-20(18(25)17(19)24)13-11-14(21)16(23)15(22)12-13/h11-12,21-23H,2-10H2,1H3,(H2,19,24). The summed E-state index contributed by atoms with van der Waals surface area (Å²) in [4.78, 5) is 24.4. The molecule has 1 aromatic rings. The molecule has 0 aliphatic carbocycles. The molecule has 0 fully saturated rings. The van der Waals surface area contributed by atoms with Gasteiger partial charge in [0.1, 0.15) is 0 Å². The summed E-state index contributed by atoms with van der Waals surface area (Å²) in [6.07, 6.45) is 8.59. The van der Waals surface area contributed by atoms with Crippen LogP contribution in [0.1, 0.15) is 58.3 Å². The minimum atomic E-state index is -1.12. The molecule has 0 heterocycles. The number of aromatic hydroxyl groups is 3. The molecule has 0 atom stereocenters. The molecule has 0 bridgehead atoms. The summed E-state index contributed by atoms with van der Waals surface area (Å²) >= 11 is 0. The third kappa shape index (κ3) is 6.52. The molecule has 0 radical (unpaired) electrons. The van der Waals surface area contributed by atoms with Gasteiger partial charge in [-0.1, -0.05) is 51.9 Å². The van der Waals surface area contributed by atoms with Crippen molar-refractivity contribution in [3.63, 3.8) is 0 Å². The molecule has 0 saturated carbocycles.